The van der Waals surface area contributed by atoms with Crippen molar-refractivity contribution in [1.29, 1.82) is 0 Å². The molecule has 1 amide bonds. The zero-order chi connectivity index (χ0) is 17.8. The third-order valence-corrected chi connectivity index (χ3v) is 6.45. The average molecular weight is 363 g/mol. The number of carbonyl (C=O) groups is 2. The van der Waals surface area contributed by atoms with E-state index >= 15 is 0 Å². The van der Waals surface area contributed by atoms with E-state index in [1.54, 1.807) is 12.1 Å². The molecule has 0 N–H and O–H groups in total. The smallest absolute Gasteiger partial charge is 0.233 e. The highest BCUT2D eigenvalue weighted by atomic mass is 32.2. The van der Waals surface area contributed by atoms with Crippen molar-refractivity contribution >= 4 is 23.5 Å². The quantitative estimate of drug-likeness (QED) is 0.536. The van der Waals surface area contributed by atoms with Gasteiger partial charge in [0.25, 0.3) is 0 Å². The predicted molar refractivity (Wildman–Crippen MR) is 98.5 cm³/mol. The Morgan fingerprint density at radius 2 is 1.64 bits per heavy atom. The van der Waals surface area contributed by atoms with Crippen LogP contribution >= 0.6 is 11.8 Å². The average Bonchev–Trinajstić information content (AvgIpc) is 3.28. The number of benzene rings is 1. The normalized spacial score (nSPS) is 18.6. The molecule has 2 aliphatic rings. The maximum Gasteiger partial charge on any atom is 0.233 e. The first-order valence-electron chi connectivity index (χ1n) is 9.30. The summed E-state index contributed by atoms with van der Waals surface area (Å²) in [4.78, 5) is 26.8. The maximum absolute atomic E-state index is 14.2. The number of hydrogen-bond donors (Lipinski definition) is 0. The van der Waals surface area contributed by atoms with Crippen LogP contribution in [-0.2, 0) is 4.79 Å². The fraction of sp³-hybridized carbons (Fsp3) is 0.600. The number of Topliss-reactive ketones (excluding diaryl/α,β-unsaturated/α-hetero) is 1. The number of carbonyl (C=O) groups excluding carboxylic acids is 2. The van der Waals surface area contributed by atoms with Crippen LogP contribution in [-0.4, -0.2) is 34.4 Å². The van der Waals surface area contributed by atoms with Crippen LogP contribution in [0.2, 0.25) is 0 Å². The lowest BCUT2D eigenvalue weighted by Crippen LogP contribution is -2.46. The summed E-state index contributed by atoms with van der Waals surface area (Å²) >= 11 is 1.24. The van der Waals surface area contributed by atoms with Crippen LogP contribution in [0.5, 0.6) is 0 Å². The minimum atomic E-state index is -0.418. The van der Waals surface area contributed by atoms with Crippen molar-refractivity contribution in [2.45, 2.75) is 75.3 Å². The molecule has 0 spiro atoms. The van der Waals surface area contributed by atoms with E-state index in [2.05, 4.69) is 4.90 Å². The second kappa shape index (κ2) is 8.35. The van der Waals surface area contributed by atoms with E-state index in [1.165, 1.54) is 50.4 Å². The Labute approximate surface area is 153 Å². The first-order valence-corrected chi connectivity index (χ1v) is 10.3. The van der Waals surface area contributed by atoms with E-state index in [-0.39, 0.29) is 17.4 Å². The molecule has 0 radical (unpaired) electrons. The third kappa shape index (κ3) is 4.43. The summed E-state index contributed by atoms with van der Waals surface area (Å²) in [6.45, 7) is 1.42. The van der Waals surface area contributed by atoms with Gasteiger partial charge in [0.05, 0.1) is 5.75 Å². The SMILES string of the molecule is CC(=O)c1ccc(SCC(=O)N(C2CCCC2)C2CCCC2)c(F)c1. The van der Waals surface area contributed by atoms with Crippen molar-refractivity contribution in [3.05, 3.63) is 29.6 Å². The molecular weight excluding hydrogens is 337 g/mol. The highest BCUT2D eigenvalue weighted by Gasteiger charge is 2.33. The Morgan fingerprint density at radius 1 is 1.08 bits per heavy atom. The monoisotopic (exact) mass is 363 g/mol. The molecule has 25 heavy (non-hydrogen) atoms. The molecule has 1 aromatic rings. The van der Waals surface area contributed by atoms with Crippen molar-refractivity contribution in [3.63, 3.8) is 0 Å². The molecular formula is C20H26FNO2S. The van der Waals surface area contributed by atoms with Gasteiger partial charge in [0.2, 0.25) is 5.91 Å². The van der Waals surface area contributed by atoms with Crippen molar-refractivity contribution in [1.82, 2.24) is 4.90 Å². The fourth-order valence-corrected chi connectivity index (χ4v) is 4.91. The van der Waals surface area contributed by atoms with Crippen molar-refractivity contribution in [3.8, 4) is 0 Å². The fourth-order valence-electron chi connectivity index (χ4n) is 4.12. The zero-order valence-corrected chi connectivity index (χ0v) is 15.6. The number of rotatable bonds is 6. The first-order chi connectivity index (χ1) is 12.1. The van der Waals surface area contributed by atoms with Gasteiger partial charge in [0.15, 0.2) is 5.78 Å². The Kier molecular flexibility index (Phi) is 6.15. The standard InChI is InChI=1S/C20H26FNO2S/c1-14(23)15-10-11-19(18(21)12-15)25-13-20(24)22(16-6-2-3-7-16)17-8-4-5-9-17/h10-12,16-17H,2-9,13H2,1H3. The topological polar surface area (TPSA) is 37.4 Å². The van der Waals surface area contributed by atoms with Gasteiger partial charge in [0.1, 0.15) is 5.82 Å². The molecule has 2 fully saturated rings. The van der Waals surface area contributed by atoms with E-state index in [1.807, 2.05) is 0 Å². The molecule has 0 aliphatic heterocycles. The first kappa shape index (κ1) is 18.4. The molecule has 0 heterocycles. The van der Waals surface area contributed by atoms with E-state index in [0.717, 1.165) is 25.7 Å². The van der Waals surface area contributed by atoms with Crippen molar-refractivity contribution < 1.29 is 14.0 Å². The van der Waals surface area contributed by atoms with Gasteiger partial charge in [-0.1, -0.05) is 31.7 Å². The summed E-state index contributed by atoms with van der Waals surface area (Å²) in [5.74, 6) is -0.165. The number of ketones is 1. The number of nitrogens with zero attached hydrogens (tertiary/aromatic N) is 1. The van der Waals surface area contributed by atoms with Crippen LogP contribution in [0.3, 0.4) is 0 Å². The molecule has 2 saturated carbocycles. The number of amides is 1. The van der Waals surface area contributed by atoms with Crippen LogP contribution in [0.15, 0.2) is 23.1 Å². The summed E-state index contributed by atoms with van der Waals surface area (Å²) in [5, 5.41) is 0. The van der Waals surface area contributed by atoms with Crippen LogP contribution in [0.4, 0.5) is 4.39 Å². The summed E-state index contributed by atoms with van der Waals surface area (Å²) in [6, 6.07) is 5.26. The molecule has 1 aromatic carbocycles. The van der Waals surface area contributed by atoms with E-state index in [9.17, 15) is 14.0 Å². The van der Waals surface area contributed by atoms with Gasteiger partial charge >= 0.3 is 0 Å². The highest BCUT2D eigenvalue weighted by Crippen LogP contribution is 2.33. The Hall–Kier alpha value is -1.36. The summed E-state index contributed by atoms with van der Waals surface area (Å²) < 4.78 is 14.2. The van der Waals surface area contributed by atoms with E-state index < -0.39 is 5.82 Å². The lowest BCUT2D eigenvalue weighted by molar-refractivity contribution is -0.133. The maximum atomic E-state index is 14.2. The third-order valence-electron chi connectivity index (χ3n) is 5.41. The molecule has 5 heteroatoms. The van der Waals surface area contributed by atoms with E-state index in [4.69, 9.17) is 0 Å². The Balaban J connectivity index is 1.66. The molecule has 3 rings (SSSR count). The second-order valence-electron chi connectivity index (χ2n) is 7.17. The highest BCUT2D eigenvalue weighted by molar-refractivity contribution is 8.00. The van der Waals surface area contributed by atoms with Crippen LogP contribution in [0, 0.1) is 5.82 Å². The van der Waals surface area contributed by atoms with Gasteiger partial charge in [-0.05, 0) is 44.7 Å². The number of hydrogen-bond acceptors (Lipinski definition) is 3. The van der Waals surface area contributed by atoms with E-state index in [0.29, 0.717) is 22.5 Å². The summed E-state index contributed by atoms with van der Waals surface area (Å²) in [5.41, 5.74) is 0.367. The molecule has 0 unspecified atom stereocenters. The van der Waals surface area contributed by atoms with Crippen LogP contribution < -0.4 is 0 Å². The number of thioether (sulfide) groups is 1. The molecule has 0 bridgehead atoms. The van der Waals surface area contributed by atoms with Gasteiger partial charge in [-0.2, -0.15) is 0 Å². The molecule has 0 aromatic heterocycles. The second-order valence-corrected chi connectivity index (χ2v) is 8.18. The largest absolute Gasteiger partial charge is 0.336 e. The van der Waals surface area contributed by atoms with Gasteiger partial charge in [0, 0.05) is 22.5 Å². The minimum Gasteiger partial charge on any atom is -0.336 e. The lowest BCUT2D eigenvalue weighted by atomic mass is 10.1. The predicted octanol–water partition coefficient (Wildman–Crippen LogP) is 4.83. The lowest BCUT2D eigenvalue weighted by Gasteiger charge is -2.34. The van der Waals surface area contributed by atoms with Gasteiger partial charge < -0.3 is 4.90 Å². The van der Waals surface area contributed by atoms with Crippen molar-refractivity contribution in [2.75, 3.05) is 5.75 Å². The molecule has 136 valence electrons. The Bertz CT molecular complexity index is 621. The minimum absolute atomic E-state index is 0.138. The van der Waals surface area contributed by atoms with Gasteiger partial charge in [-0.15, -0.1) is 11.8 Å². The summed E-state index contributed by atoms with van der Waals surface area (Å²) in [6.07, 6.45) is 9.24. The zero-order valence-electron chi connectivity index (χ0n) is 14.8. The van der Waals surface area contributed by atoms with Crippen molar-refractivity contribution in [2.24, 2.45) is 0 Å². The van der Waals surface area contributed by atoms with Crippen LogP contribution in [0.1, 0.15) is 68.6 Å². The molecule has 2 aliphatic carbocycles. The Morgan fingerprint density at radius 3 is 2.12 bits per heavy atom. The summed E-state index contributed by atoms with van der Waals surface area (Å²) in [7, 11) is 0. The number of halogens is 1. The molecule has 3 nitrogen and oxygen atoms in total. The van der Waals surface area contributed by atoms with Gasteiger partial charge in [-0.25, -0.2) is 4.39 Å². The molecule has 0 saturated heterocycles. The van der Waals surface area contributed by atoms with Gasteiger partial charge in [-0.3, -0.25) is 9.59 Å². The van der Waals surface area contributed by atoms with Crippen LogP contribution in [0.25, 0.3) is 0 Å². The molecule has 0 atom stereocenters.